The van der Waals surface area contributed by atoms with Crippen LogP contribution in [0.15, 0.2) is 24.5 Å². The fourth-order valence-electron chi connectivity index (χ4n) is 1.84. The molecular weight excluding hydrogens is 290 g/mol. The van der Waals surface area contributed by atoms with Gasteiger partial charge in [-0.1, -0.05) is 0 Å². The molecule has 21 heavy (non-hydrogen) atoms. The van der Waals surface area contributed by atoms with Crippen LogP contribution < -0.4 is 10.1 Å². The molecule has 112 valence electrons. The zero-order valence-electron chi connectivity index (χ0n) is 11.1. The Kier molecular flexibility index (Phi) is 3.97. The molecule has 4 nitrogen and oxygen atoms in total. The topological polar surface area (TPSA) is 47.0 Å². The smallest absolute Gasteiger partial charge is 0.419 e. The average Bonchev–Trinajstić information content (AvgIpc) is 2.45. The number of aromatic nitrogens is 2. The Morgan fingerprint density at radius 2 is 1.90 bits per heavy atom. The van der Waals surface area contributed by atoms with Crippen molar-refractivity contribution in [2.24, 2.45) is 0 Å². The molecule has 0 radical (unpaired) electrons. The van der Waals surface area contributed by atoms with E-state index in [4.69, 9.17) is 4.74 Å². The van der Waals surface area contributed by atoms with Gasteiger partial charge in [-0.15, -0.1) is 0 Å². The molecule has 2 rings (SSSR count). The van der Waals surface area contributed by atoms with E-state index >= 15 is 0 Å². The number of hydrogen-bond donors (Lipinski definition) is 1. The monoisotopic (exact) mass is 301 g/mol. The minimum absolute atomic E-state index is 0.0828. The fraction of sp³-hybridized carbons (Fsp3) is 0.231. The molecule has 0 amide bonds. The van der Waals surface area contributed by atoms with Crippen molar-refractivity contribution < 1.29 is 22.3 Å². The molecule has 0 aliphatic rings. The lowest BCUT2D eigenvalue weighted by Crippen LogP contribution is -2.08. The van der Waals surface area contributed by atoms with Gasteiger partial charge in [0.15, 0.2) is 11.6 Å². The van der Waals surface area contributed by atoms with Crippen LogP contribution in [0.4, 0.5) is 23.4 Å². The Balaban J connectivity index is 2.63. The van der Waals surface area contributed by atoms with Gasteiger partial charge < -0.3 is 10.1 Å². The summed E-state index contributed by atoms with van der Waals surface area (Å²) in [4.78, 5) is 7.81. The average molecular weight is 301 g/mol. The van der Waals surface area contributed by atoms with Crippen LogP contribution in [-0.2, 0) is 6.18 Å². The molecule has 0 aliphatic carbocycles. The van der Waals surface area contributed by atoms with Gasteiger partial charge in [0, 0.05) is 12.6 Å². The van der Waals surface area contributed by atoms with E-state index in [-0.39, 0.29) is 17.0 Å². The predicted molar refractivity (Wildman–Crippen MR) is 68.5 cm³/mol. The molecule has 0 spiro atoms. The van der Waals surface area contributed by atoms with Crippen molar-refractivity contribution in [2.75, 3.05) is 19.5 Å². The third kappa shape index (κ3) is 2.88. The van der Waals surface area contributed by atoms with Gasteiger partial charge in [-0.25, -0.2) is 14.4 Å². The summed E-state index contributed by atoms with van der Waals surface area (Å²) in [7, 11) is 2.93. The lowest BCUT2D eigenvalue weighted by Gasteiger charge is -2.13. The van der Waals surface area contributed by atoms with Crippen LogP contribution in [0.25, 0.3) is 11.3 Å². The summed E-state index contributed by atoms with van der Waals surface area (Å²) in [5.41, 5.74) is -1.13. The zero-order chi connectivity index (χ0) is 15.6. The van der Waals surface area contributed by atoms with Crippen molar-refractivity contribution in [3.8, 4) is 17.0 Å². The predicted octanol–water partition coefficient (Wildman–Crippen LogP) is 3.35. The Morgan fingerprint density at radius 3 is 2.48 bits per heavy atom. The molecule has 1 heterocycles. The van der Waals surface area contributed by atoms with Crippen LogP contribution in [0.2, 0.25) is 0 Å². The van der Waals surface area contributed by atoms with Crippen molar-refractivity contribution >= 4 is 5.82 Å². The first kappa shape index (κ1) is 15.0. The van der Waals surface area contributed by atoms with Crippen LogP contribution in [0.3, 0.4) is 0 Å². The summed E-state index contributed by atoms with van der Waals surface area (Å²) in [6.07, 6.45) is -3.60. The number of alkyl halides is 3. The van der Waals surface area contributed by atoms with Crippen LogP contribution in [0.1, 0.15) is 5.56 Å². The molecule has 2 aromatic rings. The normalized spacial score (nSPS) is 11.3. The van der Waals surface area contributed by atoms with E-state index in [1.807, 2.05) is 0 Å². The minimum Gasteiger partial charge on any atom is -0.491 e. The van der Waals surface area contributed by atoms with Crippen molar-refractivity contribution in [1.29, 1.82) is 0 Å². The van der Waals surface area contributed by atoms with E-state index < -0.39 is 17.6 Å². The van der Waals surface area contributed by atoms with Gasteiger partial charge in [0.25, 0.3) is 0 Å². The number of nitrogens with one attached hydrogen (secondary N) is 1. The van der Waals surface area contributed by atoms with Gasteiger partial charge in [-0.2, -0.15) is 13.2 Å². The van der Waals surface area contributed by atoms with E-state index in [0.717, 1.165) is 6.07 Å². The molecule has 0 saturated carbocycles. The lowest BCUT2D eigenvalue weighted by atomic mass is 10.1. The number of methoxy groups -OCH3 is 1. The zero-order valence-corrected chi connectivity index (χ0v) is 11.1. The maximum absolute atomic E-state index is 13.3. The summed E-state index contributed by atoms with van der Waals surface area (Å²) in [5.74, 6) is -0.840. The van der Waals surface area contributed by atoms with Gasteiger partial charge in [0.2, 0.25) is 0 Å². The summed E-state index contributed by atoms with van der Waals surface area (Å²) in [6, 6.07) is 2.65. The van der Waals surface area contributed by atoms with Crippen molar-refractivity contribution in [3.63, 3.8) is 0 Å². The SMILES string of the molecule is CNc1ncnc(-c2ccc(F)c(C(F)(F)F)c2)c1OC. The molecule has 0 unspecified atom stereocenters. The van der Waals surface area contributed by atoms with Gasteiger partial charge in [-0.05, 0) is 18.2 Å². The minimum atomic E-state index is -4.79. The quantitative estimate of drug-likeness (QED) is 0.883. The molecule has 0 bridgehead atoms. The molecular formula is C13H11F4N3O. The summed E-state index contributed by atoms with van der Waals surface area (Å²) in [5, 5.41) is 2.74. The Morgan fingerprint density at radius 1 is 1.19 bits per heavy atom. The number of nitrogens with zero attached hydrogens (tertiary/aromatic N) is 2. The van der Waals surface area contributed by atoms with Gasteiger partial charge in [0.05, 0.1) is 12.7 Å². The third-order valence-electron chi connectivity index (χ3n) is 2.79. The Hall–Kier alpha value is -2.38. The second kappa shape index (κ2) is 5.55. The van der Waals surface area contributed by atoms with E-state index in [9.17, 15) is 17.6 Å². The molecule has 1 aromatic carbocycles. The number of ether oxygens (including phenoxy) is 1. The number of halogens is 4. The fourth-order valence-corrected chi connectivity index (χ4v) is 1.84. The highest BCUT2D eigenvalue weighted by atomic mass is 19.4. The molecule has 1 aromatic heterocycles. The van der Waals surface area contributed by atoms with E-state index in [1.54, 1.807) is 7.05 Å². The highest BCUT2D eigenvalue weighted by Crippen LogP contribution is 2.37. The van der Waals surface area contributed by atoms with E-state index in [2.05, 4.69) is 15.3 Å². The maximum atomic E-state index is 13.3. The largest absolute Gasteiger partial charge is 0.491 e. The van der Waals surface area contributed by atoms with Crippen LogP contribution >= 0.6 is 0 Å². The van der Waals surface area contributed by atoms with Gasteiger partial charge >= 0.3 is 6.18 Å². The van der Waals surface area contributed by atoms with Crippen molar-refractivity contribution in [1.82, 2.24) is 9.97 Å². The van der Waals surface area contributed by atoms with Crippen molar-refractivity contribution in [3.05, 3.63) is 35.9 Å². The standard InChI is InChI=1S/C13H11F4N3O/c1-18-12-11(21-2)10(19-6-20-12)7-3-4-9(14)8(5-7)13(15,16)17/h3-6H,1-2H3,(H,18,19,20). The summed E-state index contributed by atoms with van der Waals surface area (Å²) in [6.45, 7) is 0. The molecule has 0 saturated heterocycles. The van der Waals surface area contributed by atoms with Gasteiger partial charge in [-0.3, -0.25) is 0 Å². The molecule has 1 N–H and O–H groups in total. The van der Waals surface area contributed by atoms with Crippen LogP contribution in [-0.4, -0.2) is 24.1 Å². The number of rotatable bonds is 3. The first-order valence-electron chi connectivity index (χ1n) is 5.82. The van der Waals surface area contributed by atoms with Crippen LogP contribution in [0, 0.1) is 5.82 Å². The Labute approximate surface area is 117 Å². The summed E-state index contributed by atoms with van der Waals surface area (Å²) < 4.78 is 56.7. The number of hydrogen-bond acceptors (Lipinski definition) is 4. The first-order valence-corrected chi connectivity index (χ1v) is 5.82. The Bertz CT molecular complexity index is 658. The molecule has 0 fully saturated rings. The molecule has 8 heteroatoms. The number of benzene rings is 1. The third-order valence-corrected chi connectivity index (χ3v) is 2.79. The summed E-state index contributed by atoms with van der Waals surface area (Å²) >= 11 is 0. The lowest BCUT2D eigenvalue weighted by molar-refractivity contribution is -0.139. The number of anilines is 1. The van der Waals surface area contributed by atoms with E-state index in [0.29, 0.717) is 11.9 Å². The van der Waals surface area contributed by atoms with E-state index in [1.165, 1.54) is 19.5 Å². The van der Waals surface area contributed by atoms with Crippen molar-refractivity contribution in [2.45, 2.75) is 6.18 Å². The van der Waals surface area contributed by atoms with Crippen LogP contribution in [0.5, 0.6) is 5.75 Å². The highest BCUT2D eigenvalue weighted by molar-refractivity contribution is 5.73. The molecule has 0 atom stereocenters. The highest BCUT2D eigenvalue weighted by Gasteiger charge is 2.34. The second-order valence-corrected chi connectivity index (χ2v) is 4.05. The molecule has 0 aliphatic heterocycles. The first-order chi connectivity index (χ1) is 9.88. The second-order valence-electron chi connectivity index (χ2n) is 4.05. The maximum Gasteiger partial charge on any atom is 0.419 e. The van der Waals surface area contributed by atoms with Gasteiger partial charge in [0.1, 0.15) is 17.8 Å².